The molecule has 2 heterocycles. The molecule has 0 aromatic heterocycles. The lowest BCUT2D eigenvalue weighted by atomic mass is 10.1. The molecule has 8 nitrogen and oxygen atoms in total. The average molecular weight is 360 g/mol. The number of phenolic OH excluding ortho intramolecular Hbond substituents is 1. The Bertz CT molecular complexity index is 713. The van der Waals surface area contributed by atoms with E-state index in [2.05, 4.69) is 9.89 Å². The zero-order chi connectivity index (χ0) is 18.7. The number of benzene rings is 1. The maximum Gasteiger partial charge on any atom is 0.271 e. The first-order valence-corrected chi connectivity index (χ1v) is 8.77. The van der Waals surface area contributed by atoms with E-state index < -0.39 is 11.9 Å². The van der Waals surface area contributed by atoms with Gasteiger partial charge in [0.15, 0.2) is 0 Å². The quantitative estimate of drug-likeness (QED) is 0.596. The van der Waals surface area contributed by atoms with Crippen LogP contribution in [0.4, 0.5) is 0 Å². The topological polar surface area (TPSA) is 96.7 Å². The number of likely N-dealkylation sites (N-methyl/N-ethyl adjacent to an activating group) is 1. The van der Waals surface area contributed by atoms with Gasteiger partial charge in [0.2, 0.25) is 5.91 Å². The van der Waals surface area contributed by atoms with Crippen molar-refractivity contribution in [3.05, 3.63) is 29.8 Å². The standard InChI is InChI=1S/C18H24N4O4/c1-20-8-10-21(11-9-20)17(24)12-22(26)18(25)15-7-6-14(19-15)13-4-2-3-5-16(13)23/h2-5,15,23,26H,6-12H2,1H3. The van der Waals surface area contributed by atoms with E-state index in [1.807, 2.05) is 7.05 Å². The molecule has 0 aliphatic carbocycles. The number of hydrogen-bond acceptors (Lipinski definition) is 6. The van der Waals surface area contributed by atoms with E-state index in [1.54, 1.807) is 29.2 Å². The van der Waals surface area contributed by atoms with Crippen LogP contribution in [-0.4, -0.2) is 88.5 Å². The Morgan fingerprint density at radius 3 is 2.62 bits per heavy atom. The van der Waals surface area contributed by atoms with Gasteiger partial charge in [0, 0.05) is 37.5 Å². The highest BCUT2D eigenvalue weighted by molar-refractivity contribution is 6.06. The normalized spacial score (nSPS) is 20.8. The van der Waals surface area contributed by atoms with Crippen LogP contribution in [0, 0.1) is 0 Å². The van der Waals surface area contributed by atoms with Gasteiger partial charge >= 0.3 is 0 Å². The van der Waals surface area contributed by atoms with Gasteiger partial charge in [-0.05, 0) is 32.0 Å². The van der Waals surface area contributed by atoms with Crippen LogP contribution in [0.3, 0.4) is 0 Å². The van der Waals surface area contributed by atoms with Crippen LogP contribution in [0.5, 0.6) is 5.75 Å². The fourth-order valence-corrected chi connectivity index (χ4v) is 3.23. The molecule has 2 N–H and O–H groups in total. The maximum atomic E-state index is 12.4. The number of rotatable bonds is 4. The molecule has 0 saturated carbocycles. The average Bonchev–Trinajstić information content (AvgIpc) is 3.11. The summed E-state index contributed by atoms with van der Waals surface area (Å²) in [4.78, 5) is 32.8. The second kappa shape index (κ2) is 7.84. The minimum Gasteiger partial charge on any atom is -0.507 e. The molecule has 2 aliphatic heterocycles. The zero-order valence-electron chi connectivity index (χ0n) is 14.8. The van der Waals surface area contributed by atoms with Gasteiger partial charge in [0.1, 0.15) is 18.3 Å². The molecule has 1 fully saturated rings. The SMILES string of the molecule is CN1CCN(C(=O)CN(O)C(=O)C2CCC(c3ccccc3O)=N2)CC1. The van der Waals surface area contributed by atoms with Gasteiger partial charge in [-0.15, -0.1) is 0 Å². The second-order valence-electron chi connectivity index (χ2n) is 6.73. The lowest BCUT2D eigenvalue weighted by Crippen LogP contribution is -2.51. The molecule has 2 aliphatic rings. The molecule has 0 spiro atoms. The largest absolute Gasteiger partial charge is 0.507 e. The summed E-state index contributed by atoms with van der Waals surface area (Å²) in [7, 11) is 1.99. The third kappa shape index (κ3) is 4.03. The first kappa shape index (κ1) is 18.3. The van der Waals surface area contributed by atoms with E-state index in [0.29, 0.717) is 42.3 Å². The molecule has 2 amide bonds. The number of hydroxylamine groups is 2. The van der Waals surface area contributed by atoms with E-state index in [9.17, 15) is 19.9 Å². The molecular weight excluding hydrogens is 336 g/mol. The number of para-hydroxylation sites is 1. The highest BCUT2D eigenvalue weighted by Gasteiger charge is 2.31. The molecule has 0 bridgehead atoms. The summed E-state index contributed by atoms with van der Waals surface area (Å²) < 4.78 is 0. The minimum atomic E-state index is -0.727. The summed E-state index contributed by atoms with van der Waals surface area (Å²) in [5.74, 6) is -0.736. The molecule has 140 valence electrons. The van der Waals surface area contributed by atoms with Crippen LogP contribution in [0.25, 0.3) is 0 Å². The van der Waals surface area contributed by atoms with E-state index >= 15 is 0 Å². The summed E-state index contributed by atoms with van der Waals surface area (Å²) >= 11 is 0. The van der Waals surface area contributed by atoms with Gasteiger partial charge in [-0.2, -0.15) is 0 Å². The van der Waals surface area contributed by atoms with E-state index in [4.69, 9.17) is 0 Å². The lowest BCUT2D eigenvalue weighted by molar-refractivity contribution is -0.172. The number of aromatic hydroxyl groups is 1. The molecule has 1 saturated heterocycles. The Labute approximate surface area is 152 Å². The Kier molecular flexibility index (Phi) is 5.53. The number of nitrogens with zero attached hydrogens (tertiary/aromatic N) is 4. The van der Waals surface area contributed by atoms with Gasteiger partial charge in [0.25, 0.3) is 5.91 Å². The van der Waals surface area contributed by atoms with E-state index in [-0.39, 0.29) is 18.2 Å². The van der Waals surface area contributed by atoms with Crippen molar-refractivity contribution < 1.29 is 19.9 Å². The van der Waals surface area contributed by atoms with Crippen LogP contribution >= 0.6 is 0 Å². The van der Waals surface area contributed by atoms with Crippen LogP contribution in [0.15, 0.2) is 29.3 Å². The monoisotopic (exact) mass is 360 g/mol. The zero-order valence-corrected chi connectivity index (χ0v) is 14.8. The molecular formula is C18H24N4O4. The van der Waals surface area contributed by atoms with E-state index in [0.717, 1.165) is 13.1 Å². The summed E-state index contributed by atoms with van der Waals surface area (Å²) in [5.41, 5.74) is 1.24. The first-order valence-electron chi connectivity index (χ1n) is 8.77. The van der Waals surface area contributed by atoms with Crippen molar-refractivity contribution in [2.45, 2.75) is 18.9 Å². The van der Waals surface area contributed by atoms with Gasteiger partial charge in [-0.1, -0.05) is 12.1 Å². The third-order valence-electron chi connectivity index (χ3n) is 4.86. The molecule has 0 radical (unpaired) electrons. The number of carbonyl (C=O) groups excluding carboxylic acids is 2. The van der Waals surface area contributed by atoms with Gasteiger partial charge in [-0.3, -0.25) is 19.8 Å². The highest BCUT2D eigenvalue weighted by atomic mass is 16.5. The molecule has 8 heteroatoms. The van der Waals surface area contributed by atoms with Gasteiger partial charge in [-0.25, -0.2) is 5.06 Å². The number of aliphatic imine (C=N–C) groups is 1. The second-order valence-corrected chi connectivity index (χ2v) is 6.73. The Balaban J connectivity index is 1.59. The molecule has 26 heavy (non-hydrogen) atoms. The number of carbonyl (C=O) groups is 2. The van der Waals surface area contributed by atoms with Gasteiger partial charge in [0.05, 0.1) is 0 Å². The summed E-state index contributed by atoms with van der Waals surface area (Å²) in [6, 6.07) is 6.10. The number of piperazine rings is 1. The molecule has 3 rings (SSSR count). The van der Waals surface area contributed by atoms with E-state index in [1.165, 1.54) is 0 Å². The Morgan fingerprint density at radius 2 is 1.92 bits per heavy atom. The number of amides is 2. The minimum absolute atomic E-state index is 0.116. The van der Waals surface area contributed by atoms with Crippen molar-refractivity contribution in [3.63, 3.8) is 0 Å². The molecule has 1 atom stereocenters. The van der Waals surface area contributed by atoms with Crippen molar-refractivity contribution in [2.75, 3.05) is 39.8 Å². The van der Waals surface area contributed by atoms with Crippen LogP contribution < -0.4 is 0 Å². The predicted molar refractivity (Wildman–Crippen MR) is 95.2 cm³/mol. The van der Waals surface area contributed by atoms with Gasteiger partial charge < -0.3 is 14.9 Å². The fraction of sp³-hybridized carbons (Fsp3) is 0.500. The Morgan fingerprint density at radius 1 is 1.23 bits per heavy atom. The first-order chi connectivity index (χ1) is 12.5. The van der Waals surface area contributed by atoms with Crippen molar-refractivity contribution in [3.8, 4) is 5.75 Å². The summed E-state index contributed by atoms with van der Waals surface area (Å²) in [6.45, 7) is 2.39. The number of hydrogen-bond donors (Lipinski definition) is 2. The smallest absolute Gasteiger partial charge is 0.271 e. The van der Waals surface area contributed by atoms with Crippen molar-refractivity contribution >= 4 is 17.5 Å². The maximum absolute atomic E-state index is 12.4. The third-order valence-corrected chi connectivity index (χ3v) is 4.86. The fourth-order valence-electron chi connectivity index (χ4n) is 3.23. The van der Waals surface area contributed by atoms with Crippen LogP contribution in [0.1, 0.15) is 18.4 Å². The van der Waals surface area contributed by atoms with Crippen molar-refractivity contribution in [1.82, 2.24) is 14.9 Å². The van der Waals surface area contributed by atoms with Crippen LogP contribution in [0.2, 0.25) is 0 Å². The number of phenols is 1. The van der Waals surface area contributed by atoms with Crippen LogP contribution in [-0.2, 0) is 9.59 Å². The van der Waals surface area contributed by atoms with Crippen molar-refractivity contribution in [1.29, 1.82) is 0 Å². The highest BCUT2D eigenvalue weighted by Crippen LogP contribution is 2.25. The predicted octanol–water partition coefficient (Wildman–Crippen LogP) is 0.336. The molecule has 1 aromatic carbocycles. The summed E-state index contributed by atoms with van der Waals surface area (Å²) in [5, 5.41) is 20.4. The Hall–Kier alpha value is -2.45. The van der Waals surface area contributed by atoms with Crippen molar-refractivity contribution in [2.24, 2.45) is 4.99 Å². The summed E-state index contributed by atoms with van der Waals surface area (Å²) in [6.07, 6.45) is 0.983. The molecule has 1 unspecified atom stereocenters. The molecule has 1 aromatic rings. The lowest BCUT2D eigenvalue weighted by Gasteiger charge is -2.33.